The summed E-state index contributed by atoms with van der Waals surface area (Å²) < 4.78 is 0. The van der Waals surface area contributed by atoms with E-state index >= 15 is 0 Å². The molecule has 2 rings (SSSR count). The molecule has 4 heteroatoms. The van der Waals surface area contributed by atoms with Crippen LogP contribution in [-0.2, 0) is 4.79 Å². The summed E-state index contributed by atoms with van der Waals surface area (Å²) >= 11 is 0. The molecule has 1 amide bonds. The highest BCUT2D eigenvalue weighted by Crippen LogP contribution is 2.22. The Kier molecular flexibility index (Phi) is 4.57. The molecule has 0 radical (unpaired) electrons. The fourth-order valence-corrected chi connectivity index (χ4v) is 2.06. The number of aromatic carboxylic acids is 1. The van der Waals surface area contributed by atoms with Crippen molar-refractivity contribution in [1.29, 1.82) is 0 Å². The summed E-state index contributed by atoms with van der Waals surface area (Å²) in [5.41, 5.74) is 1.06. The van der Waals surface area contributed by atoms with Crippen LogP contribution in [0.2, 0.25) is 0 Å². The van der Waals surface area contributed by atoms with Crippen molar-refractivity contribution >= 4 is 22.6 Å². The van der Waals surface area contributed by atoms with E-state index in [4.69, 9.17) is 0 Å². The first-order chi connectivity index (χ1) is 10.1. The van der Waals surface area contributed by atoms with Crippen LogP contribution in [0.25, 0.3) is 10.8 Å². The van der Waals surface area contributed by atoms with Gasteiger partial charge in [0, 0.05) is 25.5 Å². The Morgan fingerprint density at radius 1 is 1.14 bits per heavy atom. The van der Waals surface area contributed by atoms with Crippen molar-refractivity contribution in [2.24, 2.45) is 0 Å². The van der Waals surface area contributed by atoms with E-state index in [9.17, 15) is 14.7 Å². The number of benzene rings is 2. The predicted octanol–water partition coefficient (Wildman–Crippen LogP) is 2.42. The van der Waals surface area contributed by atoms with Crippen LogP contribution < -0.4 is 5.32 Å². The SMILES string of the molecule is CC(=O)NCCC#Cc1cccc2c(C(=O)O)cccc12. The Labute approximate surface area is 122 Å². The zero-order valence-electron chi connectivity index (χ0n) is 11.6. The van der Waals surface area contributed by atoms with Gasteiger partial charge in [0.1, 0.15) is 0 Å². The molecule has 4 nitrogen and oxygen atoms in total. The van der Waals surface area contributed by atoms with Gasteiger partial charge in [-0.05, 0) is 22.9 Å². The van der Waals surface area contributed by atoms with Crippen molar-refractivity contribution in [1.82, 2.24) is 5.32 Å². The molecule has 106 valence electrons. The van der Waals surface area contributed by atoms with E-state index < -0.39 is 5.97 Å². The van der Waals surface area contributed by atoms with E-state index in [1.807, 2.05) is 12.1 Å². The van der Waals surface area contributed by atoms with E-state index in [-0.39, 0.29) is 11.5 Å². The summed E-state index contributed by atoms with van der Waals surface area (Å²) in [6.07, 6.45) is 0.550. The lowest BCUT2D eigenvalue weighted by Gasteiger charge is -2.04. The second kappa shape index (κ2) is 6.58. The largest absolute Gasteiger partial charge is 0.478 e. The van der Waals surface area contributed by atoms with E-state index in [0.717, 1.165) is 10.9 Å². The second-order valence-electron chi connectivity index (χ2n) is 4.55. The number of hydrogen-bond donors (Lipinski definition) is 2. The van der Waals surface area contributed by atoms with E-state index in [1.165, 1.54) is 6.92 Å². The van der Waals surface area contributed by atoms with Crippen molar-refractivity contribution < 1.29 is 14.7 Å². The molecule has 0 saturated carbocycles. The molecule has 2 N–H and O–H groups in total. The third-order valence-electron chi connectivity index (χ3n) is 3.00. The highest BCUT2D eigenvalue weighted by Gasteiger charge is 2.08. The van der Waals surface area contributed by atoms with Gasteiger partial charge in [-0.3, -0.25) is 4.79 Å². The molecule has 0 spiro atoms. The minimum absolute atomic E-state index is 0.0759. The molecule has 0 bridgehead atoms. The normalized spacial score (nSPS) is 9.76. The van der Waals surface area contributed by atoms with Crippen molar-refractivity contribution in [3.05, 3.63) is 47.5 Å². The molecule has 0 unspecified atom stereocenters. The third kappa shape index (κ3) is 3.61. The summed E-state index contributed by atoms with van der Waals surface area (Å²) in [5.74, 6) is 5.00. The molecule has 0 aliphatic rings. The number of carbonyl (C=O) groups is 2. The smallest absolute Gasteiger partial charge is 0.336 e. The van der Waals surface area contributed by atoms with Crippen LogP contribution in [0.5, 0.6) is 0 Å². The first-order valence-electron chi connectivity index (χ1n) is 6.58. The number of nitrogens with one attached hydrogen (secondary N) is 1. The Bertz CT molecular complexity index is 753. The average Bonchev–Trinajstić information content (AvgIpc) is 2.46. The molecular weight excluding hydrogens is 266 g/mol. The number of carbonyl (C=O) groups excluding carboxylic acids is 1. The first-order valence-corrected chi connectivity index (χ1v) is 6.58. The zero-order valence-corrected chi connectivity index (χ0v) is 11.6. The van der Waals surface area contributed by atoms with Crippen molar-refractivity contribution in [2.75, 3.05) is 6.54 Å². The Morgan fingerprint density at radius 2 is 1.86 bits per heavy atom. The van der Waals surface area contributed by atoms with Crippen LogP contribution in [0, 0.1) is 11.8 Å². The minimum Gasteiger partial charge on any atom is -0.478 e. The van der Waals surface area contributed by atoms with Gasteiger partial charge < -0.3 is 10.4 Å². The lowest BCUT2D eigenvalue weighted by atomic mass is 10.0. The van der Waals surface area contributed by atoms with Crippen LogP contribution in [0.15, 0.2) is 36.4 Å². The standard InChI is InChI=1S/C17H15NO3/c1-12(19)18-11-3-2-6-13-7-4-9-15-14(13)8-5-10-16(15)17(20)21/h4-5,7-10H,3,11H2,1H3,(H,18,19)(H,20,21). The van der Waals surface area contributed by atoms with Gasteiger partial charge in [0.05, 0.1) is 5.56 Å². The molecule has 0 aliphatic heterocycles. The van der Waals surface area contributed by atoms with Gasteiger partial charge in [0.2, 0.25) is 5.91 Å². The van der Waals surface area contributed by atoms with Crippen LogP contribution in [0.4, 0.5) is 0 Å². The van der Waals surface area contributed by atoms with Gasteiger partial charge >= 0.3 is 5.97 Å². The summed E-state index contributed by atoms with van der Waals surface area (Å²) in [7, 11) is 0. The fourth-order valence-electron chi connectivity index (χ4n) is 2.06. The topological polar surface area (TPSA) is 66.4 Å². The fraction of sp³-hybridized carbons (Fsp3) is 0.176. The molecule has 0 saturated heterocycles. The number of fused-ring (bicyclic) bond motifs is 1. The predicted molar refractivity (Wildman–Crippen MR) is 81.1 cm³/mol. The summed E-state index contributed by atoms with van der Waals surface area (Å²) in [6.45, 7) is 1.97. The summed E-state index contributed by atoms with van der Waals surface area (Å²) in [5, 5.41) is 13.4. The monoisotopic (exact) mass is 281 g/mol. The first kappa shape index (κ1) is 14.6. The van der Waals surface area contributed by atoms with Gasteiger partial charge in [0.25, 0.3) is 0 Å². The molecule has 0 fully saturated rings. The Hall–Kier alpha value is -2.80. The highest BCUT2D eigenvalue weighted by atomic mass is 16.4. The van der Waals surface area contributed by atoms with Crippen LogP contribution in [0.1, 0.15) is 29.3 Å². The van der Waals surface area contributed by atoms with E-state index in [1.54, 1.807) is 24.3 Å². The van der Waals surface area contributed by atoms with Crippen LogP contribution in [-0.4, -0.2) is 23.5 Å². The maximum Gasteiger partial charge on any atom is 0.336 e. The molecule has 0 aliphatic carbocycles. The zero-order chi connectivity index (χ0) is 15.2. The summed E-state index contributed by atoms with van der Waals surface area (Å²) in [4.78, 5) is 22.0. The number of hydrogen-bond acceptors (Lipinski definition) is 2. The molecular formula is C17H15NO3. The van der Waals surface area contributed by atoms with Crippen molar-refractivity contribution in [2.45, 2.75) is 13.3 Å². The number of carboxylic acid groups (broad SMARTS) is 1. The maximum atomic E-state index is 11.2. The molecule has 0 atom stereocenters. The van der Waals surface area contributed by atoms with Crippen molar-refractivity contribution in [3.63, 3.8) is 0 Å². The van der Waals surface area contributed by atoms with E-state index in [2.05, 4.69) is 17.2 Å². The minimum atomic E-state index is -0.948. The average molecular weight is 281 g/mol. The lowest BCUT2D eigenvalue weighted by Crippen LogP contribution is -2.20. The van der Waals surface area contributed by atoms with Crippen LogP contribution >= 0.6 is 0 Å². The highest BCUT2D eigenvalue weighted by molar-refractivity contribution is 6.05. The van der Waals surface area contributed by atoms with Gasteiger partial charge in [-0.25, -0.2) is 4.79 Å². The second-order valence-corrected chi connectivity index (χ2v) is 4.55. The number of rotatable bonds is 3. The lowest BCUT2D eigenvalue weighted by molar-refractivity contribution is -0.118. The summed E-state index contributed by atoms with van der Waals surface area (Å²) in [6, 6.07) is 10.6. The van der Waals surface area contributed by atoms with E-state index in [0.29, 0.717) is 18.4 Å². The Balaban J connectivity index is 2.29. The Morgan fingerprint density at radius 3 is 2.57 bits per heavy atom. The molecule has 0 heterocycles. The van der Waals surface area contributed by atoms with Crippen molar-refractivity contribution in [3.8, 4) is 11.8 Å². The van der Waals surface area contributed by atoms with Gasteiger partial charge in [-0.1, -0.05) is 36.1 Å². The quantitative estimate of drug-likeness (QED) is 0.670. The molecule has 21 heavy (non-hydrogen) atoms. The van der Waals surface area contributed by atoms with Gasteiger partial charge in [0.15, 0.2) is 0 Å². The molecule has 2 aromatic carbocycles. The molecule has 0 aromatic heterocycles. The number of carboxylic acids is 1. The molecule has 2 aromatic rings. The third-order valence-corrected chi connectivity index (χ3v) is 3.00. The van der Waals surface area contributed by atoms with Gasteiger partial charge in [-0.2, -0.15) is 0 Å². The maximum absolute atomic E-state index is 11.2. The number of amides is 1. The van der Waals surface area contributed by atoms with Gasteiger partial charge in [-0.15, -0.1) is 0 Å². The van der Waals surface area contributed by atoms with Crippen LogP contribution in [0.3, 0.4) is 0 Å².